The summed E-state index contributed by atoms with van der Waals surface area (Å²) >= 11 is 6.33. The Hall–Kier alpha value is -1.54. The van der Waals surface area contributed by atoms with Crippen LogP contribution in [0.1, 0.15) is 35.4 Å². The van der Waals surface area contributed by atoms with Crippen molar-refractivity contribution in [2.75, 3.05) is 6.61 Å². The summed E-state index contributed by atoms with van der Waals surface area (Å²) in [6.45, 7) is 1.58. The average Bonchev–Trinajstić information content (AvgIpc) is 2.69. The first-order valence-electron chi connectivity index (χ1n) is 8.97. The Bertz CT molecular complexity index is 767. The standard InChI is InChI=1S/C20H24ClNO5/c1-2-14-5-3-11(9-22-14)7-13-8-12(4-6-15(13)21)20-19(26)18(25)17(24)16(10-23)27-20/h3-6,8-9,16-20,23-26H,2,7,10H2,1H3/t16-,17-,18+,19-,20+/m1/s1. The fraction of sp³-hybridized carbons (Fsp3) is 0.450. The summed E-state index contributed by atoms with van der Waals surface area (Å²) in [5.74, 6) is 0. The van der Waals surface area contributed by atoms with Crippen molar-refractivity contribution in [1.82, 2.24) is 4.98 Å². The molecule has 0 spiro atoms. The van der Waals surface area contributed by atoms with Gasteiger partial charge in [0.05, 0.1) is 6.61 Å². The van der Waals surface area contributed by atoms with Gasteiger partial charge in [-0.15, -0.1) is 0 Å². The number of nitrogens with zero attached hydrogens (tertiary/aromatic N) is 1. The first kappa shape index (κ1) is 20.2. The van der Waals surface area contributed by atoms with Gasteiger partial charge in [-0.2, -0.15) is 0 Å². The topological polar surface area (TPSA) is 103 Å². The van der Waals surface area contributed by atoms with Gasteiger partial charge in [0.1, 0.15) is 30.5 Å². The highest BCUT2D eigenvalue weighted by Crippen LogP contribution is 2.34. The molecule has 1 aliphatic heterocycles. The Labute approximate surface area is 163 Å². The van der Waals surface area contributed by atoms with Crippen molar-refractivity contribution in [2.45, 2.75) is 50.3 Å². The Kier molecular flexibility index (Phi) is 6.47. The number of halogens is 1. The zero-order valence-electron chi connectivity index (χ0n) is 15.0. The smallest absolute Gasteiger partial charge is 0.113 e. The molecule has 7 heteroatoms. The molecule has 0 saturated carbocycles. The van der Waals surface area contributed by atoms with Crippen molar-refractivity contribution in [1.29, 1.82) is 0 Å². The lowest BCUT2D eigenvalue weighted by Crippen LogP contribution is -2.55. The van der Waals surface area contributed by atoms with E-state index in [0.29, 0.717) is 17.0 Å². The first-order valence-corrected chi connectivity index (χ1v) is 9.35. The number of benzene rings is 1. The minimum absolute atomic E-state index is 0.461. The van der Waals surface area contributed by atoms with E-state index in [1.807, 2.05) is 31.3 Å². The number of aliphatic hydroxyl groups is 4. The van der Waals surface area contributed by atoms with Crippen molar-refractivity contribution in [2.24, 2.45) is 0 Å². The maximum atomic E-state index is 10.3. The number of aliphatic hydroxyl groups excluding tert-OH is 4. The van der Waals surface area contributed by atoms with Gasteiger partial charge in [0.2, 0.25) is 0 Å². The highest BCUT2D eigenvalue weighted by Gasteiger charge is 2.43. The zero-order chi connectivity index (χ0) is 19.6. The molecule has 2 aromatic rings. The molecule has 1 aromatic carbocycles. The van der Waals surface area contributed by atoms with E-state index >= 15 is 0 Å². The largest absolute Gasteiger partial charge is 0.394 e. The van der Waals surface area contributed by atoms with Crippen LogP contribution in [0.4, 0.5) is 0 Å². The minimum atomic E-state index is -1.41. The highest BCUT2D eigenvalue weighted by atomic mass is 35.5. The first-order chi connectivity index (χ1) is 12.9. The molecule has 5 atom stereocenters. The van der Waals surface area contributed by atoms with Crippen LogP contribution in [0.25, 0.3) is 0 Å². The van der Waals surface area contributed by atoms with Crippen LogP contribution >= 0.6 is 11.6 Å². The van der Waals surface area contributed by atoms with Crippen molar-refractivity contribution < 1.29 is 25.2 Å². The lowest BCUT2D eigenvalue weighted by molar-refractivity contribution is -0.231. The molecule has 1 saturated heterocycles. The summed E-state index contributed by atoms with van der Waals surface area (Å²) in [5.41, 5.74) is 3.46. The Morgan fingerprint density at radius 1 is 1.07 bits per heavy atom. The monoisotopic (exact) mass is 393 g/mol. The van der Waals surface area contributed by atoms with Gasteiger partial charge >= 0.3 is 0 Å². The van der Waals surface area contributed by atoms with E-state index in [9.17, 15) is 20.4 Å². The number of aryl methyl sites for hydroxylation is 1. The van der Waals surface area contributed by atoms with Crippen molar-refractivity contribution >= 4 is 11.6 Å². The summed E-state index contributed by atoms with van der Waals surface area (Å²) in [7, 11) is 0. The summed E-state index contributed by atoms with van der Waals surface area (Å²) in [5, 5.41) is 40.2. The molecule has 0 unspecified atom stereocenters. The third-order valence-electron chi connectivity index (χ3n) is 4.93. The summed E-state index contributed by atoms with van der Waals surface area (Å²) in [4.78, 5) is 4.39. The van der Waals surface area contributed by atoms with Crippen molar-refractivity contribution in [3.63, 3.8) is 0 Å². The number of hydrogen-bond acceptors (Lipinski definition) is 6. The summed E-state index contributed by atoms with van der Waals surface area (Å²) < 4.78 is 5.63. The highest BCUT2D eigenvalue weighted by molar-refractivity contribution is 6.31. The van der Waals surface area contributed by atoms with Crippen molar-refractivity contribution in [3.8, 4) is 0 Å². The van der Waals surface area contributed by atoms with Gasteiger partial charge in [-0.25, -0.2) is 0 Å². The maximum Gasteiger partial charge on any atom is 0.113 e. The van der Waals surface area contributed by atoms with E-state index in [-0.39, 0.29) is 0 Å². The minimum Gasteiger partial charge on any atom is -0.394 e. The fourth-order valence-electron chi connectivity index (χ4n) is 3.27. The molecule has 0 aliphatic carbocycles. The van der Waals surface area contributed by atoms with Crippen LogP contribution in [0.15, 0.2) is 36.5 Å². The van der Waals surface area contributed by atoms with Crippen LogP contribution in [0.3, 0.4) is 0 Å². The number of rotatable bonds is 5. The maximum absolute atomic E-state index is 10.3. The Morgan fingerprint density at radius 2 is 1.85 bits per heavy atom. The number of pyridine rings is 1. The molecule has 0 radical (unpaired) electrons. The van der Waals surface area contributed by atoms with Crippen LogP contribution in [-0.4, -0.2) is 56.4 Å². The third-order valence-corrected chi connectivity index (χ3v) is 5.30. The molecule has 4 N–H and O–H groups in total. The normalized spacial score (nSPS) is 28.3. The second-order valence-corrected chi connectivity index (χ2v) is 7.20. The molecular formula is C20H24ClNO5. The summed E-state index contributed by atoms with van der Waals surface area (Å²) in [6, 6.07) is 9.20. The number of aromatic nitrogens is 1. The predicted molar refractivity (Wildman–Crippen MR) is 101 cm³/mol. The van der Waals surface area contributed by atoms with Crippen LogP contribution < -0.4 is 0 Å². The Balaban J connectivity index is 1.85. The van der Waals surface area contributed by atoms with E-state index < -0.39 is 37.1 Å². The molecular weight excluding hydrogens is 370 g/mol. The van der Waals surface area contributed by atoms with Gasteiger partial charge in [0, 0.05) is 23.3 Å². The molecule has 1 aromatic heterocycles. The molecule has 0 bridgehead atoms. The number of ether oxygens (including phenoxy) is 1. The molecule has 27 heavy (non-hydrogen) atoms. The zero-order valence-corrected chi connectivity index (χ0v) is 15.8. The second-order valence-electron chi connectivity index (χ2n) is 6.79. The van der Waals surface area contributed by atoms with E-state index in [1.54, 1.807) is 12.1 Å². The van der Waals surface area contributed by atoms with E-state index in [4.69, 9.17) is 16.3 Å². The van der Waals surface area contributed by atoms with Gasteiger partial charge < -0.3 is 25.2 Å². The van der Waals surface area contributed by atoms with Crippen molar-refractivity contribution in [3.05, 3.63) is 63.9 Å². The third kappa shape index (κ3) is 4.32. The molecule has 0 amide bonds. The summed E-state index contributed by atoms with van der Waals surface area (Å²) in [6.07, 6.45) is -2.69. The van der Waals surface area contributed by atoms with Crippen LogP contribution in [0.2, 0.25) is 5.02 Å². The molecule has 1 aliphatic rings. The second kappa shape index (κ2) is 8.65. The molecule has 146 valence electrons. The van der Waals surface area contributed by atoms with Gasteiger partial charge in [-0.3, -0.25) is 4.98 Å². The average molecular weight is 394 g/mol. The predicted octanol–water partition coefficient (Wildman–Crippen LogP) is 1.40. The molecule has 2 heterocycles. The van der Waals surface area contributed by atoms with Gasteiger partial charge in [-0.05, 0) is 35.2 Å². The van der Waals surface area contributed by atoms with Gasteiger partial charge in [-0.1, -0.05) is 36.7 Å². The van der Waals surface area contributed by atoms with Crippen LogP contribution in [0.5, 0.6) is 0 Å². The van der Waals surface area contributed by atoms with Gasteiger partial charge in [0.25, 0.3) is 0 Å². The van der Waals surface area contributed by atoms with Crippen LogP contribution in [-0.2, 0) is 17.6 Å². The van der Waals surface area contributed by atoms with Crippen LogP contribution in [0, 0.1) is 0 Å². The molecule has 1 fully saturated rings. The molecule has 3 rings (SSSR count). The Morgan fingerprint density at radius 3 is 2.48 bits per heavy atom. The quantitative estimate of drug-likeness (QED) is 0.612. The lowest BCUT2D eigenvalue weighted by Gasteiger charge is -2.40. The fourth-order valence-corrected chi connectivity index (χ4v) is 3.46. The van der Waals surface area contributed by atoms with E-state index in [0.717, 1.165) is 23.2 Å². The SMILES string of the molecule is CCc1ccc(Cc2cc([C@@H]3O[C@H](CO)[C@@H](O)[C@H](O)[C@H]3O)ccc2Cl)cn1. The van der Waals surface area contributed by atoms with E-state index in [2.05, 4.69) is 4.98 Å². The molecule has 6 nitrogen and oxygen atoms in total. The van der Waals surface area contributed by atoms with E-state index in [1.165, 1.54) is 0 Å². The number of hydrogen-bond donors (Lipinski definition) is 4. The van der Waals surface area contributed by atoms with Gasteiger partial charge in [0.15, 0.2) is 0 Å². The lowest BCUT2D eigenvalue weighted by atomic mass is 9.90.